The van der Waals surface area contributed by atoms with Gasteiger partial charge in [0.1, 0.15) is 5.82 Å². The summed E-state index contributed by atoms with van der Waals surface area (Å²) in [6, 6.07) is 4.87. The van der Waals surface area contributed by atoms with Crippen molar-refractivity contribution in [1.82, 2.24) is 15.2 Å². The van der Waals surface area contributed by atoms with E-state index in [9.17, 15) is 18.0 Å². The summed E-state index contributed by atoms with van der Waals surface area (Å²) in [5.74, 6) is 0.301. The lowest BCUT2D eigenvalue weighted by Crippen LogP contribution is -2.24. The lowest BCUT2D eigenvalue weighted by molar-refractivity contribution is -0.137. The smallest absolute Gasteiger partial charge is 0.325 e. The Balaban J connectivity index is 2.07. The fraction of sp³-hybridized carbons (Fsp3) is 0.400. The molecule has 0 fully saturated rings. The minimum atomic E-state index is -4.53. The molecule has 1 atom stereocenters. The van der Waals surface area contributed by atoms with E-state index in [0.717, 1.165) is 17.8 Å². The second kappa shape index (κ2) is 7.25. The van der Waals surface area contributed by atoms with Crippen molar-refractivity contribution < 1.29 is 18.0 Å². The van der Waals surface area contributed by atoms with Crippen molar-refractivity contribution in [3.63, 3.8) is 0 Å². The zero-order chi connectivity index (χ0) is 17.9. The van der Waals surface area contributed by atoms with Gasteiger partial charge in [0.05, 0.1) is 16.5 Å². The van der Waals surface area contributed by atoms with E-state index in [-0.39, 0.29) is 11.6 Å². The highest BCUT2D eigenvalue weighted by atomic mass is 32.2. The summed E-state index contributed by atoms with van der Waals surface area (Å²) >= 11 is 1.08. The number of hydrogen-bond acceptors (Lipinski definition) is 4. The van der Waals surface area contributed by atoms with Crippen LogP contribution in [0.15, 0.2) is 29.4 Å². The van der Waals surface area contributed by atoms with E-state index in [2.05, 4.69) is 20.5 Å². The molecule has 0 saturated heterocycles. The van der Waals surface area contributed by atoms with E-state index in [1.54, 1.807) is 6.92 Å². The van der Waals surface area contributed by atoms with Gasteiger partial charge in [0, 0.05) is 5.92 Å². The Bertz CT molecular complexity index is 715. The molecule has 0 aliphatic rings. The third kappa shape index (κ3) is 4.50. The molecule has 9 heteroatoms. The summed E-state index contributed by atoms with van der Waals surface area (Å²) in [4.78, 5) is 16.4. The van der Waals surface area contributed by atoms with Gasteiger partial charge in [-0.15, -0.1) is 5.10 Å². The van der Waals surface area contributed by atoms with Crippen LogP contribution in [0.3, 0.4) is 0 Å². The van der Waals surface area contributed by atoms with Gasteiger partial charge in [0.15, 0.2) is 0 Å². The highest BCUT2D eigenvalue weighted by Gasteiger charge is 2.34. The Morgan fingerprint density at radius 3 is 2.50 bits per heavy atom. The summed E-state index contributed by atoms with van der Waals surface area (Å²) < 4.78 is 38.8. The van der Waals surface area contributed by atoms with Crippen LogP contribution in [-0.4, -0.2) is 26.3 Å². The van der Waals surface area contributed by atoms with Crippen LogP contribution in [0.5, 0.6) is 0 Å². The Labute approximate surface area is 141 Å². The zero-order valence-corrected chi connectivity index (χ0v) is 14.1. The number of hydrogen-bond donors (Lipinski definition) is 2. The van der Waals surface area contributed by atoms with Crippen LogP contribution >= 0.6 is 11.8 Å². The first-order valence-electron chi connectivity index (χ1n) is 7.24. The van der Waals surface area contributed by atoms with Crippen LogP contribution in [0.4, 0.5) is 18.9 Å². The summed E-state index contributed by atoms with van der Waals surface area (Å²) in [5, 5.41) is 8.81. The lowest BCUT2D eigenvalue weighted by Gasteiger charge is -2.15. The number of para-hydroxylation sites is 1. The molecule has 1 heterocycles. The number of carbonyl (C=O) groups excluding carboxylic acids is 1. The number of amides is 1. The number of rotatable bonds is 5. The first-order valence-corrected chi connectivity index (χ1v) is 8.12. The number of aromatic amines is 1. The van der Waals surface area contributed by atoms with Gasteiger partial charge in [-0.1, -0.05) is 37.7 Å². The molecule has 0 bridgehead atoms. The molecule has 0 aliphatic heterocycles. The SMILES string of the molecule is CC(Sc1n[nH]c(C(C)C)n1)C(=O)Nc1ccccc1C(F)(F)F. The van der Waals surface area contributed by atoms with Crippen LogP contribution in [-0.2, 0) is 11.0 Å². The van der Waals surface area contributed by atoms with Crippen molar-refractivity contribution in [2.75, 3.05) is 5.32 Å². The molecule has 2 aromatic rings. The maximum absolute atomic E-state index is 12.9. The number of halogens is 3. The molecule has 1 unspecified atom stereocenters. The number of anilines is 1. The van der Waals surface area contributed by atoms with Gasteiger partial charge < -0.3 is 5.32 Å². The Morgan fingerprint density at radius 2 is 1.92 bits per heavy atom. The molecule has 24 heavy (non-hydrogen) atoms. The normalized spacial score (nSPS) is 13.1. The molecule has 2 N–H and O–H groups in total. The van der Waals surface area contributed by atoms with Gasteiger partial charge in [-0.3, -0.25) is 9.89 Å². The van der Waals surface area contributed by atoms with Crippen molar-refractivity contribution in [2.24, 2.45) is 0 Å². The second-order valence-electron chi connectivity index (χ2n) is 5.45. The number of nitrogens with zero attached hydrogens (tertiary/aromatic N) is 2. The van der Waals surface area contributed by atoms with Crippen molar-refractivity contribution in [1.29, 1.82) is 0 Å². The summed E-state index contributed by atoms with van der Waals surface area (Å²) in [6.45, 7) is 5.47. The zero-order valence-electron chi connectivity index (χ0n) is 13.3. The molecule has 5 nitrogen and oxygen atoms in total. The molecule has 1 aromatic heterocycles. The molecular formula is C15H17F3N4OS. The minimum Gasteiger partial charge on any atom is -0.325 e. The molecule has 0 spiro atoms. The van der Waals surface area contributed by atoms with E-state index in [1.165, 1.54) is 18.2 Å². The van der Waals surface area contributed by atoms with Gasteiger partial charge in [-0.25, -0.2) is 4.98 Å². The van der Waals surface area contributed by atoms with Gasteiger partial charge in [0.25, 0.3) is 0 Å². The maximum Gasteiger partial charge on any atom is 0.418 e. The average Bonchev–Trinajstić information content (AvgIpc) is 2.95. The topological polar surface area (TPSA) is 70.7 Å². The average molecular weight is 358 g/mol. The molecule has 1 amide bonds. The van der Waals surface area contributed by atoms with E-state index >= 15 is 0 Å². The number of benzene rings is 1. The number of thioether (sulfide) groups is 1. The van der Waals surface area contributed by atoms with E-state index < -0.39 is 22.9 Å². The molecule has 2 rings (SSSR count). The highest BCUT2D eigenvalue weighted by molar-refractivity contribution is 8.00. The van der Waals surface area contributed by atoms with Crippen LogP contribution in [0, 0.1) is 0 Å². The van der Waals surface area contributed by atoms with Crippen LogP contribution in [0.1, 0.15) is 38.1 Å². The quantitative estimate of drug-likeness (QED) is 0.791. The number of aromatic nitrogens is 3. The van der Waals surface area contributed by atoms with Crippen molar-refractivity contribution in [2.45, 2.75) is 43.3 Å². The van der Waals surface area contributed by atoms with Crippen LogP contribution in [0.2, 0.25) is 0 Å². The predicted molar refractivity (Wildman–Crippen MR) is 85.9 cm³/mol. The number of nitrogens with one attached hydrogen (secondary N) is 2. The Kier molecular flexibility index (Phi) is 5.53. The van der Waals surface area contributed by atoms with Crippen molar-refractivity contribution >= 4 is 23.4 Å². The molecular weight excluding hydrogens is 341 g/mol. The second-order valence-corrected chi connectivity index (χ2v) is 6.76. The standard InChI is InChI=1S/C15H17F3N4OS/c1-8(2)12-20-14(22-21-12)24-9(3)13(23)19-11-7-5-4-6-10(11)15(16,17)18/h4-9H,1-3H3,(H,19,23)(H,20,21,22). The highest BCUT2D eigenvalue weighted by Crippen LogP contribution is 2.35. The first-order chi connectivity index (χ1) is 11.2. The number of alkyl halides is 3. The minimum absolute atomic E-state index is 0.162. The van der Waals surface area contributed by atoms with Crippen molar-refractivity contribution in [3.05, 3.63) is 35.7 Å². The summed E-state index contributed by atoms with van der Waals surface area (Å²) in [6.07, 6.45) is -4.53. The maximum atomic E-state index is 12.9. The molecule has 1 aromatic carbocycles. The largest absolute Gasteiger partial charge is 0.418 e. The van der Waals surface area contributed by atoms with Gasteiger partial charge in [0.2, 0.25) is 11.1 Å². The number of carbonyl (C=O) groups is 1. The van der Waals surface area contributed by atoms with E-state index in [4.69, 9.17) is 0 Å². The lowest BCUT2D eigenvalue weighted by atomic mass is 10.1. The fourth-order valence-corrected chi connectivity index (χ4v) is 2.59. The molecule has 0 aliphatic carbocycles. The van der Waals surface area contributed by atoms with Gasteiger partial charge in [-0.05, 0) is 19.1 Å². The van der Waals surface area contributed by atoms with Crippen molar-refractivity contribution in [3.8, 4) is 0 Å². The molecule has 0 radical (unpaired) electrons. The van der Waals surface area contributed by atoms with E-state index in [0.29, 0.717) is 11.0 Å². The Morgan fingerprint density at radius 1 is 1.25 bits per heavy atom. The monoisotopic (exact) mass is 358 g/mol. The van der Waals surface area contributed by atoms with E-state index in [1.807, 2.05) is 13.8 Å². The number of H-pyrrole nitrogens is 1. The van der Waals surface area contributed by atoms with Crippen LogP contribution < -0.4 is 5.32 Å². The van der Waals surface area contributed by atoms with Crippen LogP contribution in [0.25, 0.3) is 0 Å². The third-order valence-electron chi connectivity index (χ3n) is 3.17. The molecule has 130 valence electrons. The van der Waals surface area contributed by atoms with Gasteiger partial charge in [-0.2, -0.15) is 13.2 Å². The first kappa shape index (κ1) is 18.3. The fourth-order valence-electron chi connectivity index (χ4n) is 1.85. The predicted octanol–water partition coefficient (Wildman–Crippen LogP) is 4.07. The summed E-state index contributed by atoms with van der Waals surface area (Å²) in [5.41, 5.74) is -1.14. The molecule has 0 saturated carbocycles. The van der Waals surface area contributed by atoms with Gasteiger partial charge >= 0.3 is 6.18 Å². The Hall–Kier alpha value is -2.03. The third-order valence-corrected chi connectivity index (χ3v) is 4.13. The summed E-state index contributed by atoms with van der Waals surface area (Å²) in [7, 11) is 0.